The SMILES string of the molecule is COc1ccc(N)cc1-c1cc(=O)[nH]c(-c2cccnc2)n1. The molecule has 0 aliphatic carbocycles. The number of nitrogens with zero attached hydrogens (tertiary/aromatic N) is 2. The third kappa shape index (κ3) is 2.67. The van der Waals surface area contributed by atoms with E-state index in [-0.39, 0.29) is 5.56 Å². The van der Waals surface area contributed by atoms with Gasteiger partial charge < -0.3 is 15.5 Å². The molecule has 22 heavy (non-hydrogen) atoms. The summed E-state index contributed by atoms with van der Waals surface area (Å²) in [5.41, 5.74) is 8.03. The molecule has 1 aromatic carbocycles. The molecule has 0 spiro atoms. The number of aromatic nitrogens is 3. The third-order valence-corrected chi connectivity index (χ3v) is 3.18. The van der Waals surface area contributed by atoms with Gasteiger partial charge in [-0.2, -0.15) is 0 Å². The number of nitrogen functional groups attached to an aromatic ring is 1. The number of hydrogen-bond acceptors (Lipinski definition) is 5. The molecule has 2 heterocycles. The van der Waals surface area contributed by atoms with E-state index in [1.54, 1.807) is 43.8 Å². The van der Waals surface area contributed by atoms with Crippen molar-refractivity contribution in [2.75, 3.05) is 12.8 Å². The predicted octanol–water partition coefficient (Wildman–Crippen LogP) is 2.09. The average molecular weight is 294 g/mol. The van der Waals surface area contributed by atoms with Crippen molar-refractivity contribution >= 4 is 5.69 Å². The molecule has 3 aromatic rings. The van der Waals surface area contributed by atoms with Crippen LogP contribution < -0.4 is 16.0 Å². The summed E-state index contributed by atoms with van der Waals surface area (Å²) in [6.45, 7) is 0. The van der Waals surface area contributed by atoms with Crippen molar-refractivity contribution in [3.05, 3.63) is 59.1 Å². The van der Waals surface area contributed by atoms with E-state index in [2.05, 4.69) is 15.0 Å². The summed E-state index contributed by atoms with van der Waals surface area (Å²) in [7, 11) is 1.56. The summed E-state index contributed by atoms with van der Waals surface area (Å²) in [6, 6.07) is 10.2. The summed E-state index contributed by atoms with van der Waals surface area (Å²) in [5, 5.41) is 0. The maximum Gasteiger partial charge on any atom is 0.251 e. The van der Waals surface area contributed by atoms with E-state index in [9.17, 15) is 4.79 Å². The molecule has 0 radical (unpaired) electrons. The number of rotatable bonds is 3. The molecular formula is C16H14N4O2. The number of H-pyrrole nitrogens is 1. The number of aromatic amines is 1. The quantitative estimate of drug-likeness (QED) is 0.721. The fraction of sp³-hybridized carbons (Fsp3) is 0.0625. The Hall–Kier alpha value is -3.15. The second kappa shape index (κ2) is 5.69. The van der Waals surface area contributed by atoms with Gasteiger partial charge in [0.2, 0.25) is 0 Å². The predicted molar refractivity (Wildman–Crippen MR) is 84.5 cm³/mol. The molecule has 2 aromatic heterocycles. The molecule has 6 nitrogen and oxygen atoms in total. The monoisotopic (exact) mass is 294 g/mol. The van der Waals surface area contributed by atoms with Crippen molar-refractivity contribution in [3.63, 3.8) is 0 Å². The van der Waals surface area contributed by atoms with Crippen molar-refractivity contribution in [2.45, 2.75) is 0 Å². The van der Waals surface area contributed by atoms with Crippen molar-refractivity contribution in [1.29, 1.82) is 0 Å². The third-order valence-electron chi connectivity index (χ3n) is 3.18. The minimum Gasteiger partial charge on any atom is -0.496 e. The van der Waals surface area contributed by atoms with Crippen LogP contribution in [-0.2, 0) is 0 Å². The number of methoxy groups -OCH3 is 1. The van der Waals surface area contributed by atoms with Gasteiger partial charge in [0.1, 0.15) is 11.6 Å². The smallest absolute Gasteiger partial charge is 0.251 e. The Bertz CT molecular complexity index is 860. The summed E-state index contributed by atoms with van der Waals surface area (Å²) in [5.74, 6) is 1.05. The Labute approximate surface area is 126 Å². The fourth-order valence-electron chi connectivity index (χ4n) is 2.16. The Balaban J connectivity index is 2.19. The second-order valence-corrected chi connectivity index (χ2v) is 4.68. The molecule has 0 unspecified atom stereocenters. The van der Waals surface area contributed by atoms with Crippen LogP contribution in [0.2, 0.25) is 0 Å². The molecule has 0 fully saturated rings. The van der Waals surface area contributed by atoms with Gasteiger partial charge in [0, 0.05) is 35.3 Å². The van der Waals surface area contributed by atoms with Crippen molar-refractivity contribution in [1.82, 2.24) is 15.0 Å². The number of anilines is 1. The molecule has 0 atom stereocenters. The van der Waals surface area contributed by atoms with Crippen LogP contribution in [0.3, 0.4) is 0 Å². The molecule has 0 aliphatic rings. The van der Waals surface area contributed by atoms with Gasteiger partial charge in [-0.3, -0.25) is 9.78 Å². The zero-order chi connectivity index (χ0) is 15.5. The Morgan fingerprint density at radius 2 is 2.09 bits per heavy atom. The zero-order valence-electron chi connectivity index (χ0n) is 11.9. The molecule has 0 saturated heterocycles. The highest BCUT2D eigenvalue weighted by Crippen LogP contribution is 2.30. The van der Waals surface area contributed by atoms with Crippen molar-refractivity contribution in [2.24, 2.45) is 0 Å². The van der Waals surface area contributed by atoms with E-state index in [1.165, 1.54) is 6.07 Å². The van der Waals surface area contributed by atoms with Gasteiger partial charge in [0.05, 0.1) is 12.8 Å². The molecular weight excluding hydrogens is 280 g/mol. The Morgan fingerprint density at radius 1 is 1.23 bits per heavy atom. The molecule has 0 bridgehead atoms. The molecule has 0 saturated carbocycles. The van der Waals surface area contributed by atoms with Crippen molar-refractivity contribution in [3.8, 4) is 28.4 Å². The number of nitrogens with one attached hydrogen (secondary N) is 1. The molecule has 110 valence electrons. The minimum atomic E-state index is -0.256. The van der Waals surface area contributed by atoms with E-state index in [4.69, 9.17) is 10.5 Å². The molecule has 3 rings (SSSR count). The number of ether oxygens (including phenoxy) is 1. The highest BCUT2D eigenvalue weighted by atomic mass is 16.5. The van der Waals surface area contributed by atoms with Crippen LogP contribution in [0.25, 0.3) is 22.6 Å². The summed E-state index contributed by atoms with van der Waals surface area (Å²) >= 11 is 0. The maximum absolute atomic E-state index is 12.0. The topological polar surface area (TPSA) is 93.9 Å². The summed E-state index contributed by atoms with van der Waals surface area (Å²) in [6.07, 6.45) is 3.30. The summed E-state index contributed by atoms with van der Waals surface area (Å²) in [4.78, 5) is 23.2. The molecule has 6 heteroatoms. The van der Waals surface area contributed by atoms with E-state index >= 15 is 0 Å². The van der Waals surface area contributed by atoms with Crippen LogP contribution in [0.1, 0.15) is 0 Å². The molecule has 3 N–H and O–H groups in total. The highest BCUT2D eigenvalue weighted by Gasteiger charge is 2.11. The largest absolute Gasteiger partial charge is 0.496 e. The standard InChI is InChI=1S/C16H14N4O2/c1-22-14-5-4-11(17)7-12(14)13-8-15(21)20-16(19-13)10-3-2-6-18-9-10/h2-9H,17H2,1H3,(H,19,20,21). The van der Waals surface area contributed by atoms with Gasteiger partial charge in [0.25, 0.3) is 5.56 Å². The first-order valence-electron chi connectivity index (χ1n) is 6.63. The van der Waals surface area contributed by atoms with E-state index in [0.29, 0.717) is 28.5 Å². The lowest BCUT2D eigenvalue weighted by Gasteiger charge is -2.10. The average Bonchev–Trinajstić information content (AvgIpc) is 2.55. The van der Waals surface area contributed by atoms with Gasteiger partial charge in [-0.1, -0.05) is 0 Å². The zero-order valence-corrected chi connectivity index (χ0v) is 11.9. The Kier molecular flexibility index (Phi) is 3.57. The van der Waals surface area contributed by atoms with E-state index in [0.717, 1.165) is 5.56 Å². The fourth-order valence-corrected chi connectivity index (χ4v) is 2.16. The van der Waals surface area contributed by atoms with Gasteiger partial charge in [0.15, 0.2) is 0 Å². The second-order valence-electron chi connectivity index (χ2n) is 4.68. The lowest BCUT2D eigenvalue weighted by molar-refractivity contribution is 0.416. The molecule has 0 aliphatic heterocycles. The van der Waals surface area contributed by atoms with Crippen LogP contribution in [0.5, 0.6) is 5.75 Å². The normalized spacial score (nSPS) is 10.4. The first kappa shape index (κ1) is 13.8. The molecule has 0 amide bonds. The highest BCUT2D eigenvalue weighted by molar-refractivity contribution is 5.72. The van der Waals surface area contributed by atoms with E-state index in [1.807, 2.05) is 6.07 Å². The van der Waals surface area contributed by atoms with E-state index < -0.39 is 0 Å². The Morgan fingerprint density at radius 3 is 2.82 bits per heavy atom. The lowest BCUT2D eigenvalue weighted by atomic mass is 10.1. The van der Waals surface area contributed by atoms with Gasteiger partial charge in [-0.05, 0) is 30.3 Å². The number of nitrogens with two attached hydrogens (primary N) is 1. The first-order valence-corrected chi connectivity index (χ1v) is 6.63. The first-order chi connectivity index (χ1) is 10.7. The number of benzene rings is 1. The van der Waals surface area contributed by atoms with Crippen LogP contribution in [0.15, 0.2) is 53.6 Å². The lowest BCUT2D eigenvalue weighted by Crippen LogP contribution is -2.09. The van der Waals surface area contributed by atoms with Gasteiger partial charge in [-0.15, -0.1) is 0 Å². The van der Waals surface area contributed by atoms with Crippen molar-refractivity contribution < 1.29 is 4.74 Å². The van der Waals surface area contributed by atoms with Gasteiger partial charge >= 0.3 is 0 Å². The minimum absolute atomic E-state index is 0.256. The number of pyridine rings is 1. The maximum atomic E-state index is 12.0. The van der Waals surface area contributed by atoms with Crippen LogP contribution in [-0.4, -0.2) is 22.1 Å². The van der Waals surface area contributed by atoms with Gasteiger partial charge in [-0.25, -0.2) is 4.98 Å². The van der Waals surface area contributed by atoms with Crippen LogP contribution in [0.4, 0.5) is 5.69 Å². The van der Waals surface area contributed by atoms with Crippen LogP contribution in [0, 0.1) is 0 Å². The van der Waals surface area contributed by atoms with Crippen LogP contribution >= 0.6 is 0 Å². The number of hydrogen-bond donors (Lipinski definition) is 2. The summed E-state index contributed by atoms with van der Waals surface area (Å²) < 4.78 is 5.32.